The van der Waals surface area contributed by atoms with Crippen molar-refractivity contribution in [3.05, 3.63) is 57.9 Å². The van der Waals surface area contributed by atoms with Crippen LogP contribution in [0.1, 0.15) is 15.2 Å². The Bertz CT molecular complexity index is 661. The number of thiophene rings is 1. The highest BCUT2D eigenvalue weighted by atomic mass is 32.1. The molecule has 0 aliphatic rings. The predicted octanol–water partition coefficient (Wildman–Crippen LogP) is 2.01. The molecule has 21 heavy (non-hydrogen) atoms. The van der Waals surface area contributed by atoms with Gasteiger partial charge in [0.05, 0.1) is 7.11 Å². The van der Waals surface area contributed by atoms with Gasteiger partial charge in [0.2, 0.25) is 0 Å². The number of methoxy groups -OCH3 is 1. The van der Waals surface area contributed by atoms with Gasteiger partial charge in [-0.05, 0) is 41.8 Å². The molecule has 108 valence electrons. The van der Waals surface area contributed by atoms with E-state index in [4.69, 9.17) is 10.5 Å². The Morgan fingerprint density at radius 1 is 1.24 bits per heavy atom. The smallest absolute Gasteiger partial charge is 0.265 e. The van der Waals surface area contributed by atoms with Crippen molar-refractivity contribution in [3.63, 3.8) is 0 Å². The van der Waals surface area contributed by atoms with Crippen LogP contribution in [0, 0.1) is 0 Å². The van der Waals surface area contributed by atoms with Crippen molar-refractivity contribution < 1.29 is 14.3 Å². The van der Waals surface area contributed by atoms with Crippen LogP contribution in [0.3, 0.4) is 0 Å². The molecule has 1 heterocycles. The van der Waals surface area contributed by atoms with Crippen molar-refractivity contribution in [2.45, 2.75) is 0 Å². The van der Waals surface area contributed by atoms with Crippen LogP contribution >= 0.6 is 11.3 Å². The predicted molar refractivity (Wildman–Crippen MR) is 82.0 cm³/mol. The molecule has 0 saturated carbocycles. The Hall–Kier alpha value is -2.60. The summed E-state index contributed by atoms with van der Waals surface area (Å²) in [5.74, 6) is -0.444. The van der Waals surface area contributed by atoms with Crippen molar-refractivity contribution in [1.82, 2.24) is 5.32 Å². The summed E-state index contributed by atoms with van der Waals surface area (Å²) in [5.41, 5.74) is 5.75. The summed E-state index contributed by atoms with van der Waals surface area (Å²) < 4.78 is 5.02. The van der Waals surface area contributed by atoms with Crippen LogP contribution in [0.5, 0.6) is 5.75 Å². The lowest BCUT2D eigenvalue weighted by Crippen LogP contribution is -2.31. The molecule has 0 bridgehead atoms. The lowest BCUT2D eigenvalue weighted by molar-refractivity contribution is -0.114. The summed E-state index contributed by atoms with van der Waals surface area (Å²) in [6, 6.07) is 10.2. The highest BCUT2D eigenvalue weighted by molar-refractivity contribution is 7.10. The maximum absolute atomic E-state index is 12.1. The van der Waals surface area contributed by atoms with Crippen molar-refractivity contribution in [3.8, 4) is 5.75 Å². The van der Waals surface area contributed by atoms with Crippen LogP contribution in [0.4, 0.5) is 0 Å². The lowest BCUT2D eigenvalue weighted by atomic mass is 10.2. The quantitative estimate of drug-likeness (QED) is 0.829. The second-order valence-corrected chi connectivity index (χ2v) is 5.10. The van der Waals surface area contributed by atoms with Gasteiger partial charge in [-0.3, -0.25) is 9.59 Å². The van der Waals surface area contributed by atoms with Crippen molar-refractivity contribution >= 4 is 29.2 Å². The maximum Gasteiger partial charge on any atom is 0.265 e. The molecule has 3 N–H and O–H groups in total. The van der Waals surface area contributed by atoms with Crippen molar-refractivity contribution in [2.24, 2.45) is 5.73 Å². The number of nitrogens with two attached hydrogens (primary N) is 1. The van der Waals surface area contributed by atoms with Gasteiger partial charge in [-0.25, -0.2) is 0 Å². The minimum Gasteiger partial charge on any atom is -0.497 e. The average molecular weight is 302 g/mol. The number of benzene rings is 1. The molecule has 1 aromatic heterocycles. The number of hydrogen-bond acceptors (Lipinski definition) is 4. The minimum absolute atomic E-state index is 0.0540. The molecule has 5 nitrogen and oxygen atoms in total. The van der Waals surface area contributed by atoms with E-state index in [1.54, 1.807) is 37.5 Å². The van der Waals surface area contributed by atoms with Crippen molar-refractivity contribution in [2.75, 3.05) is 7.11 Å². The van der Waals surface area contributed by atoms with Gasteiger partial charge < -0.3 is 15.8 Å². The molecule has 6 heteroatoms. The Morgan fingerprint density at radius 2 is 1.95 bits per heavy atom. The Morgan fingerprint density at radius 3 is 2.48 bits per heavy atom. The topological polar surface area (TPSA) is 81.4 Å². The molecule has 2 aromatic rings. The fourth-order valence-corrected chi connectivity index (χ4v) is 2.28. The first-order valence-corrected chi connectivity index (χ1v) is 6.98. The number of carbonyl (C=O) groups is 2. The van der Waals surface area contributed by atoms with E-state index in [2.05, 4.69) is 5.32 Å². The standard InChI is InChI=1S/C15H14N2O3S/c1-20-11-6-4-10(5-7-11)15(19)17-13(14(16)18)9-12-3-2-8-21-12/h2-9H,1H3,(H2,16,18)(H,17,19)/b13-9-. The van der Waals surface area contributed by atoms with Crippen LogP contribution in [0.2, 0.25) is 0 Å². The number of amides is 2. The van der Waals surface area contributed by atoms with Crippen LogP contribution in [0.15, 0.2) is 47.5 Å². The van der Waals surface area contributed by atoms with Crippen LogP contribution in [0.25, 0.3) is 6.08 Å². The summed E-state index contributed by atoms with van der Waals surface area (Å²) in [6.45, 7) is 0. The van der Waals surface area contributed by atoms with Gasteiger partial charge in [-0.15, -0.1) is 11.3 Å². The SMILES string of the molecule is COc1ccc(C(=O)N/C(=C\c2cccs2)C(N)=O)cc1. The minimum atomic E-state index is -0.690. The fraction of sp³-hybridized carbons (Fsp3) is 0.0667. The Labute approximate surface area is 126 Å². The van der Waals surface area contributed by atoms with Gasteiger partial charge in [-0.2, -0.15) is 0 Å². The molecule has 1 aromatic carbocycles. The largest absolute Gasteiger partial charge is 0.497 e. The molecule has 2 amide bonds. The first-order chi connectivity index (χ1) is 10.1. The first kappa shape index (κ1) is 14.8. The van der Waals surface area contributed by atoms with Gasteiger partial charge >= 0.3 is 0 Å². The van der Waals surface area contributed by atoms with Gasteiger partial charge in [0.15, 0.2) is 0 Å². The summed E-state index contributed by atoms with van der Waals surface area (Å²) in [4.78, 5) is 24.3. The fourth-order valence-electron chi connectivity index (χ4n) is 1.62. The van der Waals surface area contributed by atoms with Gasteiger partial charge in [0.25, 0.3) is 11.8 Å². The highest BCUT2D eigenvalue weighted by Crippen LogP contribution is 2.14. The molecule has 2 rings (SSSR count). The molecule has 0 aliphatic carbocycles. The zero-order valence-electron chi connectivity index (χ0n) is 11.3. The third kappa shape index (κ3) is 3.93. The normalized spacial score (nSPS) is 11.0. The number of nitrogens with one attached hydrogen (secondary N) is 1. The van der Waals surface area contributed by atoms with E-state index in [0.717, 1.165) is 4.88 Å². The van der Waals surface area contributed by atoms with Gasteiger partial charge in [-0.1, -0.05) is 6.07 Å². The number of primary amides is 1. The molecule has 0 spiro atoms. The number of ether oxygens (including phenoxy) is 1. The molecule has 0 aliphatic heterocycles. The van der Waals surface area contributed by atoms with E-state index in [1.165, 1.54) is 11.3 Å². The monoisotopic (exact) mass is 302 g/mol. The summed E-state index contributed by atoms with van der Waals surface area (Å²) in [5, 5.41) is 4.39. The molecular formula is C15H14N2O3S. The first-order valence-electron chi connectivity index (χ1n) is 6.10. The number of carbonyl (C=O) groups excluding carboxylic acids is 2. The lowest BCUT2D eigenvalue weighted by Gasteiger charge is -2.07. The Balaban J connectivity index is 2.16. The zero-order valence-corrected chi connectivity index (χ0v) is 12.1. The van der Waals surface area contributed by atoms with Crippen LogP contribution in [-0.4, -0.2) is 18.9 Å². The number of hydrogen-bond donors (Lipinski definition) is 2. The van der Waals surface area contributed by atoms with Crippen molar-refractivity contribution in [1.29, 1.82) is 0 Å². The number of rotatable bonds is 5. The average Bonchev–Trinajstić information content (AvgIpc) is 2.99. The van der Waals surface area contributed by atoms with Gasteiger partial charge in [0, 0.05) is 10.4 Å². The molecule has 0 radical (unpaired) electrons. The van der Waals surface area contributed by atoms with E-state index in [0.29, 0.717) is 11.3 Å². The van der Waals surface area contributed by atoms with E-state index < -0.39 is 11.8 Å². The van der Waals surface area contributed by atoms with E-state index in [-0.39, 0.29) is 5.70 Å². The molecular weight excluding hydrogens is 288 g/mol. The molecule has 0 atom stereocenters. The summed E-state index contributed by atoms with van der Waals surface area (Å²) in [6.07, 6.45) is 1.55. The van der Waals surface area contributed by atoms with E-state index >= 15 is 0 Å². The van der Waals surface area contributed by atoms with Crippen LogP contribution in [-0.2, 0) is 4.79 Å². The highest BCUT2D eigenvalue weighted by Gasteiger charge is 2.12. The van der Waals surface area contributed by atoms with Gasteiger partial charge in [0.1, 0.15) is 11.4 Å². The second kappa shape index (κ2) is 6.71. The third-order valence-electron chi connectivity index (χ3n) is 2.70. The van der Waals surface area contributed by atoms with Crippen LogP contribution < -0.4 is 15.8 Å². The molecule has 0 unspecified atom stereocenters. The third-order valence-corrected chi connectivity index (χ3v) is 3.51. The molecule has 0 fully saturated rings. The Kier molecular flexibility index (Phi) is 4.73. The van der Waals surface area contributed by atoms with E-state index in [1.807, 2.05) is 17.5 Å². The van der Waals surface area contributed by atoms with E-state index in [9.17, 15) is 9.59 Å². The second-order valence-electron chi connectivity index (χ2n) is 4.12. The summed E-state index contributed by atoms with van der Waals surface area (Å²) >= 11 is 1.44. The maximum atomic E-state index is 12.1. The molecule has 0 saturated heterocycles. The zero-order chi connectivity index (χ0) is 15.2. The summed E-state index contributed by atoms with van der Waals surface area (Å²) in [7, 11) is 1.55.